The van der Waals surface area contributed by atoms with Crippen molar-refractivity contribution >= 4 is 28.2 Å². The van der Waals surface area contributed by atoms with E-state index in [1.54, 1.807) is 29.3 Å². The molecule has 152 valence electrons. The summed E-state index contributed by atoms with van der Waals surface area (Å²) in [6, 6.07) is 18.0. The highest BCUT2D eigenvalue weighted by molar-refractivity contribution is 6.46. The third-order valence-corrected chi connectivity index (χ3v) is 5.53. The molecular weight excluding hydrogens is 376 g/mol. The summed E-state index contributed by atoms with van der Waals surface area (Å²) in [6.07, 6.45) is 4.40. The van der Waals surface area contributed by atoms with E-state index in [1.807, 2.05) is 42.5 Å². The molecular formula is C25H24N2O3. The van der Waals surface area contributed by atoms with Crippen molar-refractivity contribution in [3.63, 3.8) is 0 Å². The van der Waals surface area contributed by atoms with Gasteiger partial charge in [0.25, 0.3) is 11.7 Å². The highest BCUT2D eigenvalue weighted by Crippen LogP contribution is 2.39. The van der Waals surface area contributed by atoms with Gasteiger partial charge in [0.15, 0.2) is 0 Å². The summed E-state index contributed by atoms with van der Waals surface area (Å²) in [5, 5.41) is 13.1. The zero-order chi connectivity index (χ0) is 21.1. The first-order chi connectivity index (χ1) is 14.6. The fourth-order valence-corrected chi connectivity index (χ4v) is 3.98. The van der Waals surface area contributed by atoms with Crippen LogP contribution in [0.15, 0.2) is 72.4 Å². The second kappa shape index (κ2) is 8.49. The maximum atomic E-state index is 13.0. The number of aliphatic hydroxyl groups excluding tert-OH is 1. The van der Waals surface area contributed by atoms with Crippen molar-refractivity contribution in [1.29, 1.82) is 0 Å². The van der Waals surface area contributed by atoms with E-state index in [2.05, 4.69) is 11.9 Å². The number of rotatable bonds is 6. The lowest BCUT2D eigenvalue weighted by molar-refractivity contribution is -0.140. The van der Waals surface area contributed by atoms with E-state index < -0.39 is 17.7 Å². The lowest BCUT2D eigenvalue weighted by Gasteiger charge is -2.24. The Morgan fingerprint density at radius 1 is 1.00 bits per heavy atom. The molecule has 1 saturated heterocycles. The van der Waals surface area contributed by atoms with Crippen LogP contribution in [-0.2, 0) is 9.59 Å². The average Bonchev–Trinajstić information content (AvgIpc) is 3.04. The number of ketones is 1. The molecule has 2 heterocycles. The van der Waals surface area contributed by atoms with E-state index in [0.717, 1.165) is 30.0 Å². The van der Waals surface area contributed by atoms with Crippen molar-refractivity contribution in [2.45, 2.75) is 32.2 Å². The van der Waals surface area contributed by atoms with Gasteiger partial charge in [0, 0.05) is 18.3 Å². The van der Waals surface area contributed by atoms with Crippen LogP contribution in [0.1, 0.15) is 43.5 Å². The zero-order valence-corrected chi connectivity index (χ0v) is 16.9. The number of fused-ring (bicyclic) bond motifs is 1. The summed E-state index contributed by atoms with van der Waals surface area (Å²) in [7, 11) is 0. The maximum absolute atomic E-state index is 13.0. The second-order valence-electron chi connectivity index (χ2n) is 7.52. The number of likely N-dealkylation sites (tertiary alicyclic amines) is 1. The zero-order valence-electron chi connectivity index (χ0n) is 16.9. The molecule has 0 aliphatic carbocycles. The van der Waals surface area contributed by atoms with Gasteiger partial charge in [-0.05, 0) is 35.4 Å². The maximum Gasteiger partial charge on any atom is 0.295 e. The van der Waals surface area contributed by atoms with Crippen molar-refractivity contribution in [3.8, 4) is 0 Å². The summed E-state index contributed by atoms with van der Waals surface area (Å²) in [5.41, 5.74) is 1.20. The molecule has 1 amide bonds. The first-order valence-corrected chi connectivity index (χ1v) is 10.3. The topological polar surface area (TPSA) is 70.5 Å². The van der Waals surface area contributed by atoms with Gasteiger partial charge in [0.1, 0.15) is 11.8 Å². The monoisotopic (exact) mass is 400 g/mol. The molecule has 1 atom stereocenters. The number of benzene rings is 2. The fourth-order valence-electron chi connectivity index (χ4n) is 3.98. The SMILES string of the molecule is CCCCCN1C(=O)C(=O)/C(=C(\O)c2ccc3ccccc3c2)C1c1ccccn1. The lowest BCUT2D eigenvalue weighted by atomic mass is 9.97. The van der Waals surface area contributed by atoms with Crippen LogP contribution in [0.5, 0.6) is 0 Å². The van der Waals surface area contributed by atoms with Crippen LogP contribution in [0.4, 0.5) is 0 Å². The van der Waals surface area contributed by atoms with Crippen LogP contribution in [0.25, 0.3) is 16.5 Å². The molecule has 0 radical (unpaired) electrons. The molecule has 0 saturated carbocycles. The quantitative estimate of drug-likeness (QED) is 0.278. The van der Waals surface area contributed by atoms with Gasteiger partial charge in [0.2, 0.25) is 0 Å². The van der Waals surface area contributed by atoms with E-state index in [1.165, 1.54) is 0 Å². The van der Waals surface area contributed by atoms with E-state index >= 15 is 0 Å². The molecule has 1 aliphatic rings. The third kappa shape index (κ3) is 3.59. The predicted octanol–water partition coefficient (Wildman–Crippen LogP) is 4.85. The van der Waals surface area contributed by atoms with Gasteiger partial charge in [-0.3, -0.25) is 14.6 Å². The van der Waals surface area contributed by atoms with Crippen LogP contribution < -0.4 is 0 Å². The number of carbonyl (C=O) groups is 2. The van der Waals surface area contributed by atoms with Crippen LogP contribution in [0.3, 0.4) is 0 Å². The van der Waals surface area contributed by atoms with Crippen molar-refractivity contribution in [2.24, 2.45) is 0 Å². The minimum absolute atomic E-state index is 0.102. The molecule has 1 aliphatic heterocycles. The van der Waals surface area contributed by atoms with E-state index in [9.17, 15) is 14.7 Å². The molecule has 4 rings (SSSR count). The van der Waals surface area contributed by atoms with Crippen molar-refractivity contribution < 1.29 is 14.7 Å². The number of aliphatic hydroxyl groups is 1. The van der Waals surface area contributed by atoms with Crippen LogP contribution in [-0.4, -0.2) is 33.2 Å². The summed E-state index contributed by atoms with van der Waals surface area (Å²) < 4.78 is 0. The Bertz CT molecular complexity index is 1120. The number of hydrogen-bond acceptors (Lipinski definition) is 4. The standard InChI is InChI=1S/C25H24N2O3/c1-2-3-8-15-27-22(20-11-6-7-14-26-20)21(24(29)25(27)30)23(28)19-13-12-17-9-4-5-10-18(17)16-19/h4-7,9-14,16,22,28H,2-3,8,15H2,1H3/b23-21-. The molecule has 5 nitrogen and oxygen atoms in total. The number of unbranched alkanes of at least 4 members (excludes halogenated alkanes) is 2. The highest BCUT2D eigenvalue weighted by atomic mass is 16.3. The van der Waals surface area contributed by atoms with Gasteiger partial charge < -0.3 is 10.0 Å². The number of Topliss-reactive ketones (excluding diaryl/α,β-unsaturated/α-hetero) is 1. The van der Waals surface area contributed by atoms with Gasteiger partial charge in [-0.25, -0.2) is 0 Å². The Kier molecular flexibility index (Phi) is 5.61. The summed E-state index contributed by atoms with van der Waals surface area (Å²) in [4.78, 5) is 31.8. The molecule has 1 N–H and O–H groups in total. The van der Waals surface area contributed by atoms with Crippen molar-refractivity contribution in [2.75, 3.05) is 6.54 Å². The number of hydrogen-bond donors (Lipinski definition) is 1. The Hall–Kier alpha value is -3.47. The van der Waals surface area contributed by atoms with Crippen molar-refractivity contribution in [3.05, 3.63) is 83.7 Å². The molecule has 0 bridgehead atoms. The normalized spacial score (nSPS) is 18.3. The van der Waals surface area contributed by atoms with Crippen LogP contribution in [0, 0.1) is 0 Å². The van der Waals surface area contributed by atoms with Gasteiger partial charge in [-0.2, -0.15) is 0 Å². The summed E-state index contributed by atoms with van der Waals surface area (Å²) in [5.74, 6) is -1.40. The molecule has 1 aromatic heterocycles. The molecule has 1 fully saturated rings. The first kappa shape index (κ1) is 19.8. The Balaban J connectivity index is 1.83. The van der Waals surface area contributed by atoms with Gasteiger partial charge in [0.05, 0.1) is 11.3 Å². The molecule has 5 heteroatoms. The van der Waals surface area contributed by atoms with Crippen LogP contribution in [0.2, 0.25) is 0 Å². The minimum atomic E-state index is -0.686. The number of aromatic nitrogens is 1. The predicted molar refractivity (Wildman–Crippen MR) is 117 cm³/mol. The largest absolute Gasteiger partial charge is 0.507 e. The Morgan fingerprint density at radius 3 is 2.50 bits per heavy atom. The Morgan fingerprint density at radius 2 is 1.77 bits per heavy atom. The van der Waals surface area contributed by atoms with E-state index in [-0.39, 0.29) is 11.3 Å². The molecule has 30 heavy (non-hydrogen) atoms. The molecule has 0 spiro atoms. The molecule has 1 unspecified atom stereocenters. The lowest BCUT2D eigenvalue weighted by Crippen LogP contribution is -2.31. The summed E-state index contributed by atoms with van der Waals surface area (Å²) in [6.45, 7) is 2.54. The van der Waals surface area contributed by atoms with Gasteiger partial charge in [-0.15, -0.1) is 0 Å². The second-order valence-corrected chi connectivity index (χ2v) is 7.52. The average molecular weight is 400 g/mol. The van der Waals surface area contributed by atoms with E-state index in [0.29, 0.717) is 17.8 Å². The number of nitrogens with zero attached hydrogens (tertiary/aromatic N) is 2. The number of amides is 1. The molecule has 2 aromatic carbocycles. The van der Waals surface area contributed by atoms with Gasteiger partial charge >= 0.3 is 0 Å². The highest BCUT2D eigenvalue weighted by Gasteiger charge is 2.46. The fraction of sp³-hybridized carbons (Fsp3) is 0.240. The minimum Gasteiger partial charge on any atom is -0.507 e. The Labute approximate surface area is 175 Å². The summed E-state index contributed by atoms with van der Waals surface area (Å²) >= 11 is 0. The smallest absolute Gasteiger partial charge is 0.295 e. The molecule has 3 aromatic rings. The van der Waals surface area contributed by atoms with E-state index in [4.69, 9.17) is 0 Å². The first-order valence-electron chi connectivity index (χ1n) is 10.3. The van der Waals surface area contributed by atoms with Crippen molar-refractivity contribution in [1.82, 2.24) is 9.88 Å². The number of carbonyl (C=O) groups excluding carboxylic acids is 2. The third-order valence-electron chi connectivity index (χ3n) is 5.53. The number of pyridine rings is 1. The van der Waals surface area contributed by atoms with Gasteiger partial charge in [-0.1, -0.05) is 62.2 Å². The van der Waals surface area contributed by atoms with Crippen LogP contribution >= 0.6 is 0 Å².